The van der Waals surface area contributed by atoms with Gasteiger partial charge in [-0.3, -0.25) is 4.79 Å². The summed E-state index contributed by atoms with van der Waals surface area (Å²) in [6.45, 7) is 5.12. The van der Waals surface area contributed by atoms with Crippen LogP contribution in [0.5, 0.6) is 0 Å². The first-order valence-corrected chi connectivity index (χ1v) is 8.00. The van der Waals surface area contributed by atoms with Crippen molar-refractivity contribution < 1.29 is 18.7 Å². The number of ketones is 1. The Labute approximate surface area is 145 Å². The molecule has 0 amide bonds. The summed E-state index contributed by atoms with van der Waals surface area (Å²) in [6.07, 6.45) is 1.55. The van der Waals surface area contributed by atoms with Crippen LogP contribution in [0.1, 0.15) is 31.1 Å². The molecular formula is C20H19NO4. The van der Waals surface area contributed by atoms with Gasteiger partial charge in [0.05, 0.1) is 17.3 Å². The molecule has 0 radical (unpaired) electrons. The number of benzene rings is 1. The van der Waals surface area contributed by atoms with Gasteiger partial charge in [0.2, 0.25) is 0 Å². The average Bonchev–Trinajstić information content (AvgIpc) is 3.12. The fraction of sp³-hybridized carbons (Fsp3) is 0.250. The molecule has 0 unspecified atom stereocenters. The number of nitrogens with zero attached hydrogens (tertiary/aromatic N) is 1. The van der Waals surface area contributed by atoms with E-state index >= 15 is 0 Å². The fourth-order valence-corrected chi connectivity index (χ4v) is 2.32. The van der Waals surface area contributed by atoms with Crippen LogP contribution in [0.25, 0.3) is 22.4 Å². The maximum Gasteiger partial charge on any atom is 0.339 e. The summed E-state index contributed by atoms with van der Waals surface area (Å²) in [5.41, 5.74) is 1.00. The van der Waals surface area contributed by atoms with E-state index in [1.807, 2.05) is 18.2 Å². The fourth-order valence-electron chi connectivity index (χ4n) is 2.32. The van der Waals surface area contributed by atoms with Gasteiger partial charge in [-0.2, -0.15) is 0 Å². The third-order valence-corrected chi connectivity index (χ3v) is 3.88. The Morgan fingerprint density at radius 2 is 1.88 bits per heavy atom. The van der Waals surface area contributed by atoms with E-state index in [1.165, 1.54) is 0 Å². The van der Waals surface area contributed by atoms with Crippen LogP contribution in [-0.2, 0) is 9.53 Å². The Balaban J connectivity index is 1.97. The van der Waals surface area contributed by atoms with Crippen LogP contribution in [-0.4, -0.2) is 23.3 Å². The van der Waals surface area contributed by atoms with Gasteiger partial charge in [0.25, 0.3) is 0 Å². The number of esters is 1. The molecule has 5 heteroatoms. The first-order chi connectivity index (χ1) is 11.9. The monoisotopic (exact) mass is 337 g/mol. The molecule has 2 aromatic heterocycles. The van der Waals surface area contributed by atoms with Gasteiger partial charge in [-0.15, -0.1) is 0 Å². The van der Waals surface area contributed by atoms with E-state index < -0.39 is 11.4 Å². The minimum Gasteiger partial charge on any atom is -0.463 e. The third kappa shape index (κ3) is 3.60. The van der Waals surface area contributed by atoms with E-state index in [-0.39, 0.29) is 12.4 Å². The number of furan rings is 1. The predicted octanol–water partition coefficient (Wildman–Crippen LogP) is 4.27. The van der Waals surface area contributed by atoms with Crippen LogP contribution >= 0.6 is 0 Å². The average molecular weight is 337 g/mol. The molecule has 3 rings (SSSR count). The molecule has 0 aliphatic heterocycles. The second kappa shape index (κ2) is 6.51. The van der Waals surface area contributed by atoms with E-state index in [0.29, 0.717) is 27.9 Å². The van der Waals surface area contributed by atoms with Crippen LogP contribution in [0, 0.1) is 5.41 Å². The largest absolute Gasteiger partial charge is 0.463 e. The molecule has 0 aliphatic rings. The maximum atomic E-state index is 12.6. The van der Waals surface area contributed by atoms with Crippen molar-refractivity contribution in [3.8, 4) is 11.5 Å². The van der Waals surface area contributed by atoms with E-state index in [9.17, 15) is 9.59 Å². The SMILES string of the molecule is CC(C)(C)C(=O)COC(=O)c1cc(-c2ccco2)nc2ccccc12. The normalized spacial score (nSPS) is 11.5. The van der Waals surface area contributed by atoms with Gasteiger partial charge >= 0.3 is 5.97 Å². The first kappa shape index (κ1) is 16.9. The Morgan fingerprint density at radius 3 is 2.56 bits per heavy atom. The third-order valence-electron chi connectivity index (χ3n) is 3.88. The number of rotatable bonds is 4. The smallest absolute Gasteiger partial charge is 0.339 e. The van der Waals surface area contributed by atoms with Gasteiger partial charge in [0, 0.05) is 10.8 Å². The molecular weight excluding hydrogens is 318 g/mol. The molecule has 0 saturated heterocycles. The molecule has 0 bridgehead atoms. The van der Waals surface area contributed by atoms with Crippen LogP contribution in [0.15, 0.2) is 53.1 Å². The molecule has 3 aromatic rings. The highest BCUT2D eigenvalue weighted by Gasteiger charge is 2.23. The van der Waals surface area contributed by atoms with E-state index in [4.69, 9.17) is 9.15 Å². The van der Waals surface area contributed by atoms with Crippen LogP contribution in [0.4, 0.5) is 0 Å². The van der Waals surface area contributed by atoms with Crippen molar-refractivity contribution in [2.24, 2.45) is 5.41 Å². The zero-order chi connectivity index (χ0) is 18.0. The summed E-state index contributed by atoms with van der Waals surface area (Å²) in [4.78, 5) is 29.1. The predicted molar refractivity (Wildman–Crippen MR) is 94.2 cm³/mol. The minimum atomic E-state index is -0.556. The minimum absolute atomic E-state index is 0.134. The lowest BCUT2D eigenvalue weighted by molar-refractivity contribution is -0.129. The molecule has 2 heterocycles. The Morgan fingerprint density at radius 1 is 1.12 bits per heavy atom. The number of pyridine rings is 1. The highest BCUT2D eigenvalue weighted by atomic mass is 16.5. The van der Waals surface area contributed by atoms with E-state index in [0.717, 1.165) is 0 Å². The van der Waals surface area contributed by atoms with Crippen molar-refractivity contribution in [1.82, 2.24) is 4.98 Å². The van der Waals surface area contributed by atoms with Gasteiger partial charge in [-0.05, 0) is 24.3 Å². The number of carbonyl (C=O) groups is 2. The zero-order valence-electron chi connectivity index (χ0n) is 14.4. The van der Waals surface area contributed by atoms with Crippen LogP contribution < -0.4 is 0 Å². The second-order valence-corrected chi connectivity index (χ2v) is 6.80. The lowest BCUT2D eigenvalue weighted by Crippen LogP contribution is -2.26. The van der Waals surface area contributed by atoms with Gasteiger partial charge in [-0.1, -0.05) is 39.0 Å². The molecule has 0 N–H and O–H groups in total. The highest BCUT2D eigenvalue weighted by Crippen LogP contribution is 2.26. The summed E-state index contributed by atoms with van der Waals surface area (Å²) in [5.74, 6) is -0.125. The van der Waals surface area contributed by atoms with E-state index in [2.05, 4.69) is 4.98 Å². The maximum absolute atomic E-state index is 12.6. The molecule has 0 saturated carbocycles. The summed E-state index contributed by atoms with van der Waals surface area (Å²) < 4.78 is 10.6. The molecule has 0 aliphatic carbocycles. The lowest BCUT2D eigenvalue weighted by atomic mass is 9.91. The standard InChI is InChI=1S/C20H19NO4/c1-20(2,3)18(22)12-25-19(23)14-11-16(17-9-6-10-24-17)21-15-8-5-4-7-13(14)15/h4-11H,12H2,1-3H3. The Hall–Kier alpha value is -2.95. The van der Waals surface area contributed by atoms with Crippen LogP contribution in [0.2, 0.25) is 0 Å². The van der Waals surface area contributed by atoms with Gasteiger partial charge in [-0.25, -0.2) is 9.78 Å². The van der Waals surface area contributed by atoms with Gasteiger partial charge < -0.3 is 9.15 Å². The number of aromatic nitrogens is 1. The summed E-state index contributed by atoms with van der Waals surface area (Å²) in [7, 11) is 0. The molecule has 0 fully saturated rings. The first-order valence-electron chi connectivity index (χ1n) is 8.00. The van der Waals surface area contributed by atoms with Crippen molar-refractivity contribution in [1.29, 1.82) is 0 Å². The number of ether oxygens (including phenoxy) is 1. The van der Waals surface area contributed by atoms with Crippen molar-refractivity contribution >= 4 is 22.7 Å². The lowest BCUT2D eigenvalue weighted by Gasteiger charge is -2.16. The quantitative estimate of drug-likeness (QED) is 0.665. The molecule has 5 nitrogen and oxygen atoms in total. The topological polar surface area (TPSA) is 69.4 Å². The van der Waals surface area contributed by atoms with Crippen molar-refractivity contribution in [3.05, 3.63) is 54.3 Å². The second-order valence-electron chi connectivity index (χ2n) is 6.80. The number of hydrogen-bond donors (Lipinski definition) is 0. The zero-order valence-corrected chi connectivity index (χ0v) is 14.4. The van der Waals surface area contributed by atoms with Crippen molar-refractivity contribution in [3.63, 3.8) is 0 Å². The number of fused-ring (bicyclic) bond motifs is 1. The summed E-state index contributed by atoms with van der Waals surface area (Å²) in [5, 5.41) is 0.672. The molecule has 0 spiro atoms. The van der Waals surface area contributed by atoms with Crippen molar-refractivity contribution in [2.45, 2.75) is 20.8 Å². The Kier molecular flexibility index (Phi) is 4.40. The Bertz CT molecular complexity index is 921. The molecule has 0 atom stereocenters. The van der Waals surface area contributed by atoms with E-state index in [1.54, 1.807) is 51.3 Å². The van der Waals surface area contributed by atoms with Crippen molar-refractivity contribution in [2.75, 3.05) is 6.61 Å². The summed E-state index contributed by atoms with van der Waals surface area (Å²) >= 11 is 0. The molecule has 25 heavy (non-hydrogen) atoms. The van der Waals surface area contributed by atoms with Gasteiger partial charge in [0.1, 0.15) is 5.69 Å². The van der Waals surface area contributed by atoms with Gasteiger partial charge in [0.15, 0.2) is 18.2 Å². The number of carbonyl (C=O) groups excluding carboxylic acids is 2. The summed E-state index contributed by atoms with van der Waals surface area (Å²) in [6, 6.07) is 12.5. The van der Waals surface area contributed by atoms with Crippen LogP contribution in [0.3, 0.4) is 0 Å². The molecule has 128 valence electrons. The molecule has 1 aromatic carbocycles. The highest BCUT2D eigenvalue weighted by molar-refractivity contribution is 6.05. The number of hydrogen-bond acceptors (Lipinski definition) is 5. The number of para-hydroxylation sites is 1. The number of Topliss-reactive ketones (excluding diaryl/α,β-unsaturated/α-hetero) is 1.